The summed E-state index contributed by atoms with van der Waals surface area (Å²) in [7, 11) is 1.31. The number of ether oxygens (including phenoxy) is 1. The Morgan fingerprint density at radius 2 is 1.76 bits per heavy atom. The van der Waals surface area contributed by atoms with Crippen molar-refractivity contribution in [2.45, 2.75) is 32.4 Å². The number of nitrogens with zero attached hydrogens (tertiary/aromatic N) is 1. The molecule has 1 aliphatic rings. The number of carbonyl (C=O) groups excluding carboxylic acids is 3. The summed E-state index contributed by atoms with van der Waals surface area (Å²) >= 11 is 0. The molecule has 0 aliphatic carbocycles. The highest BCUT2D eigenvalue weighted by molar-refractivity contribution is 6.14. The molecule has 3 aromatic carbocycles. The normalized spacial score (nSPS) is 17.3. The zero-order valence-corrected chi connectivity index (χ0v) is 18.9. The molecule has 0 spiro atoms. The SMILES string of the molecule is COC(=O)c1cccc(N2C(=O)c3ccccc3C[C@@]2(C)C(=O)NCc2ccccc2C)c1. The van der Waals surface area contributed by atoms with E-state index in [1.54, 1.807) is 43.3 Å². The van der Waals surface area contributed by atoms with Gasteiger partial charge in [0.2, 0.25) is 5.91 Å². The number of amides is 2. The lowest BCUT2D eigenvalue weighted by molar-refractivity contribution is -0.126. The lowest BCUT2D eigenvalue weighted by Crippen LogP contribution is -2.63. The van der Waals surface area contributed by atoms with Crippen molar-refractivity contribution in [3.63, 3.8) is 0 Å². The predicted octanol–water partition coefficient (Wildman–Crippen LogP) is 4.06. The van der Waals surface area contributed by atoms with Crippen LogP contribution in [0.5, 0.6) is 0 Å². The third-order valence-corrected chi connectivity index (χ3v) is 6.19. The van der Waals surface area contributed by atoms with Crippen molar-refractivity contribution in [3.05, 3.63) is 101 Å². The minimum Gasteiger partial charge on any atom is -0.465 e. The van der Waals surface area contributed by atoms with Gasteiger partial charge in [-0.15, -0.1) is 0 Å². The average molecular weight is 443 g/mol. The zero-order chi connectivity index (χ0) is 23.6. The summed E-state index contributed by atoms with van der Waals surface area (Å²) in [5, 5.41) is 3.03. The van der Waals surface area contributed by atoms with Crippen molar-refractivity contribution < 1.29 is 19.1 Å². The number of hydrogen-bond acceptors (Lipinski definition) is 4. The van der Waals surface area contributed by atoms with E-state index < -0.39 is 11.5 Å². The quantitative estimate of drug-likeness (QED) is 0.605. The molecule has 1 atom stereocenters. The van der Waals surface area contributed by atoms with Crippen LogP contribution in [0.2, 0.25) is 0 Å². The first-order valence-corrected chi connectivity index (χ1v) is 10.8. The predicted molar refractivity (Wildman–Crippen MR) is 126 cm³/mol. The Labute approximate surface area is 193 Å². The van der Waals surface area contributed by atoms with Gasteiger partial charge in [-0.1, -0.05) is 48.5 Å². The fourth-order valence-electron chi connectivity index (χ4n) is 4.33. The highest BCUT2D eigenvalue weighted by Crippen LogP contribution is 2.36. The van der Waals surface area contributed by atoms with E-state index in [0.717, 1.165) is 16.7 Å². The number of aryl methyl sites for hydroxylation is 1. The largest absolute Gasteiger partial charge is 0.465 e. The molecule has 0 fully saturated rings. The number of methoxy groups -OCH3 is 1. The Bertz CT molecular complexity index is 1240. The number of benzene rings is 3. The van der Waals surface area contributed by atoms with Gasteiger partial charge in [-0.3, -0.25) is 14.5 Å². The van der Waals surface area contributed by atoms with E-state index in [1.165, 1.54) is 12.0 Å². The highest BCUT2D eigenvalue weighted by Gasteiger charge is 2.47. The fourth-order valence-corrected chi connectivity index (χ4v) is 4.33. The van der Waals surface area contributed by atoms with Crippen LogP contribution in [0.1, 0.15) is 44.3 Å². The third kappa shape index (κ3) is 4.12. The first kappa shape index (κ1) is 22.3. The number of fused-ring (bicyclic) bond motifs is 1. The first-order chi connectivity index (χ1) is 15.8. The van der Waals surface area contributed by atoms with Crippen LogP contribution >= 0.6 is 0 Å². The molecule has 1 N–H and O–H groups in total. The highest BCUT2D eigenvalue weighted by atomic mass is 16.5. The summed E-state index contributed by atoms with van der Waals surface area (Å²) < 4.78 is 4.84. The van der Waals surface area contributed by atoms with Crippen LogP contribution in [0, 0.1) is 6.92 Å². The number of carbonyl (C=O) groups is 3. The second-order valence-electron chi connectivity index (χ2n) is 8.40. The summed E-state index contributed by atoms with van der Waals surface area (Å²) in [6.07, 6.45) is 0.344. The Kier molecular flexibility index (Phi) is 6.01. The molecular formula is C27H26N2O4. The number of anilines is 1. The van der Waals surface area contributed by atoms with Crippen LogP contribution in [-0.4, -0.2) is 30.4 Å². The Morgan fingerprint density at radius 1 is 1.03 bits per heavy atom. The van der Waals surface area contributed by atoms with Crippen LogP contribution < -0.4 is 10.2 Å². The first-order valence-electron chi connectivity index (χ1n) is 10.8. The lowest BCUT2D eigenvalue weighted by atomic mass is 9.82. The third-order valence-electron chi connectivity index (χ3n) is 6.19. The van der Waals surface area contributed by atoms with E-state index in [1.807, 2.05) is 43.3 Å². The molecule has 1 aliphatic heterocycles. The summed E-state index contributed by atoms with van der Waals surface area (Å²) in [5.74, 6) is -1.06. The molecule has 2 amide bonds. The summed E-state index contributed by atoms with van der Waals surface area (Å²) in [4.78, 5) is 40.9. The number of rotatable bonds is 5. The second kappa shape index (κ2) is 8.90. The monoisotopic (exact) mass is 442 g/mol. The fraction of sp³-hybridized carbons (Fsp3) is 0.222. The van der Waals surface area contributed by atoms with Crippen LogP contribution in [-0.2, 0) is 22.5 Å². The van der Waals surface area contributed by atoms with Crippen molar-refractivity contribution in [3.8, 4) is 0 Å². The smallest absolute Gasteiger partial charge is 0.337 e. The molecule has 0 radical (unpaired) electrons. The molecule has 3 aromatic rings. The Morgan fingerprint density at radius 3 is 2.52 bits per heavy atom. The molecule has 0 bridgehead atoms. The van der Waals surface area contributed by atoms with Crippen LogP contribution in [0.3, 0.4) is 0 Å². The van der Waals surface area contributed by atoms with E-state index in [-0.39, 0.29) is 11.8 Å². The van der Waals surface area contributed by atoms with E-state index in [4.69, 9.17) is 4.74 Å². The molecule has 0 aromatic heterocycles. The molecule has 4 rings (SSSR count). The minimum absolute atomic E-state index is 0.267. The van der Waals surface area contributed by atoms with E-state index in [9.17, 15) is 14.4 Å². The van der Waals surface area contributed by atoms with E-state index in [2.05, 4.69) is 5.32 Å². The summed E-state index contributed by atoms with van der Waals surface area (Å²) in [5.41, 5.74) is 3.03. The topological polar surface area (TPSA) is 75.7 Å². The van der Waals surface area contributed by atoms with Crippen LogP contribution in [0.4, 0.5) is 5.69 Å². The van der Waals surface area contributed by atoms with Gasteiger partial charge in [-0.05, 0) is 54.8 Å². The zero-order valence-electron chi connectivity index (χ0n) is 18.9. The maximum atomic E-state index is 13.6. The Hall–Kier alpha value is -3.93. The summed E-state index contributed by atoms with van der Waals surface area (Å²) in [6, 6.07) is 21.8. The van der Waals surface area contributed by atoms with Gasteiger partial charge in [0.25, 0.3) is 5.91 Å². The van der Waals surface area contributed by atoms with Gasteiger partial charge in [-0.25, -0.2) is 4.79 Å². The van der Waals surface area contributed by atoms with Crippen LogP contribution in [0.15, 0.2) is 72.8 Å². The van der Waals surface area contributed by atoms with Gasteiger partial charge in [0.1, 0.15) is 5.54 Å². The number of esters is 1. The standard InChI is InChI=1S/C27H26N2O4/c1-18-9-4-5-11-21(18)17-28-26(32)27(2)16-20-10-6-7-14-23(20)24(30)29(27)22-13-8-12-19(15-22)25(31)33-3/h4-15H,16-17H2,1-3H3,(H,28,32)/t27-/m0/s1. The maximum absolute atomic E-state index is 13.6. The second-order valence-corrected chi connectivity index (χ2v) is 8.40. The van der Waals surface area contributed by atoms with Crippen molar-refractivity contribution in [1.29, 1.82) is 0 Å². The van der Waals surface area contributed by atoms with Crippen molar-refractivity contribution in [2.24, 2.45) is 0 Å². The number of hydrogen-bond donors (Lipinski definition) is 1. The van der Waals surface area contributed by atoms with Gasteiger partial charge in [-0.2, -0.15) is 0 Å². The average Bonchev–Trinajstić information content (AvgIpc) is 2.83. The molecule has 6 nitrogen and oxygen atoms in total. The van der Waals surface area contributed by atoms with Gasteiger partial charge in [0.05, 0.1) is 12.7 Å². The molecular weight excluding hydrogens is 416 g/mol. The van der Waals surface area contributed by atoms with Gasteiger partial charge < -0.3 is 10.1 Å². The van der Waals surface area contributed by atoms with Gasteiger partial charge >= 0.3 is 5.97 Å². The maximum Gasteiger partial charge on any atom is 0.337 e. The minimum atomic E-state index is -1.19. The van der Waals surface area contributed by atoms with Crippen LogP contribution in [0.25, 0.3) is 0 Å². The molecule has 1 heterocycles. The molecule has 6 heteroatoms. The molecule has 33 heavy (non-hydrogen) atoms. The Balaban J connectivity index is 1.75. The van der Waals surface area contributed by atoms with Crippen molar-refractivity contribution >= 4 is 23.5 Å². The van der Waals surface area contributed by atoms with Gasteiger partial charge in [0.15, 0.2) is 0 Å². The molecule has 0 unspecified atom stereocenters. The van der Waals surface area contributed by atoms with E-state index in [0.29, 0.717) is 29.8 Å². The van der Waals surface area contributed by atoms with Crippen molar-refractivity contribution in [1.82, 2.24) is 5.32 Å². The van der Waals surface area contributed by atoms with Gasteiger partial charge in [0, 0.05) is 24.2 Å². The summed E-state index contributed by atoms with van der Waals surface area (Å²) in [6.45, 7) is 4.11. The lowest BCUT2D eigenvalue weighted by Gasteiger charge is -2.44. The van der Waals surface area contributed by atoms with Crippen molar-refractivity contribution in [2.75, 3.05) is 12.0 Å². The van der Waals surface area contributed by atoms with E-state index >= 15 is 0 Å². The number of nitrogens with one attached hydrogen (secondary N) is 1. The molecule has 0 saturated carbocycles. The molecule has 168 valence electrons. The molecule has 0 saturated heterocycles.